The molecule has 1 aromatic rings. The zero-order chi connectivity index (χ0) is 19.2. The van der Waals surface area contributed by atoms with Crippen molar-refractivity contribution in [2.45, 2.75) is 51.6 Å². The number of esters is 1. The first-order valence-corrected chi connectivity index (χ1v) is 8.94. The minimum atomic E-state index is -1.11. The van der Waals surface area contributed by atoms with E-state index < -0.39 is 16.6 Å². The molecule has 0 spiro atoms. The van der Waals surface area contributed by atoms with Gasteiger partial charge in [0.05, 0.1) is 22.8 Å². The van der Waals surface area contributed by atoms with Crippen LogP contribution < -0.4 is 5.73 Å². The Morgan fingerprint density at radius 2 is 1.92 bits per heavy atom. The summed E-state index contributed by atoms with van der Waals surface area (Å²) in [7, 11) is 0. The van der Waals surface area contributed by atoms with Gasteiger partial charge in [-0.2, -0.15) is 0 Å². The van der Waals surface area contributed by atoms with Crippen molar-refractivity contribution in [2.24, 2.45) is 10.7 Å². The van der Waals surface area contributed by atoms with Gasteiger partial charge in [0, 0.05) is 17.7 Å². The molecule has 1 aliphatic rings. The van der Waals surface area contributed by atoms with Crippen molar-refractivity contribution >= 4 is 17.4 Å². The summed E-state index contributed by atoms with van der Waals surface area (Å²) in [4.78, 5) is 27.3. The van der Waals surface area contributed by atoms with E-state index in [4.69, 9.17) is 10.5 Å². The highest BCUT2D eigenvalue weighted by Crippen LogP contribution is 2.31. The number of carbonyl (C=O) groups is 1. The Bertz CT molecular complexity index is 725. The molecule has 0 saturated heterocycles. The van der Waals surface area contributed by atoms with Crippen LogP contribution in [0.25, 0.3) is 0 Å². The molecule has 2 rings (SSSR count). The number of nitro benzene ring substituents is 1. The second kappa shape index (κ2) is 8.71. The van der Waals surface area contributed by atoms with Crippen LogP contribution in [0.15, 0.2) is 40.9 Å². The fourth-order valence-electron chi connectivity index (χ4n) is 2.93. The van der Waals surface area contributed by atoms with Gasteiger partial charge < -0.3 is 10.5 Å². The Kier molecular flexibility index (Phi) is 6.63. The van der Waals surface area contributed by atoms with E-state index in [0.29, 0.717) is 23.3 Å². The summed E-state index contributed by atoms with van der Waals surface area (Å²) in [6.07, 6.45) is 6.28. The summed E-state index contributed by atoms with van der Waals surface area (Å²) in [5.41, 5.74) is 6.90. The maximum atomic E-state index is 12.3. The van der Waals surface area contributed by atoms with Crippen LogP contribution in [0.3, 0.4) is 0 Å². The van der Waals surface area contributed by atoms with Gasteiger partial charge in [-0.15, -0.1) is 0 Å². The second-order valence-corrected chi connectivity index (χ2v) is 6.31. The van der Waals surface area contributed by atoms with Crippen LogP contribution in [0.4, 0.5) is 5.69 Å². The lowest BCUT2D eigenvalue weighted by molar-refractivity contribution is -0.384. The van der Waals surface area contributed by atoms with Gasteiger partial charge in [0.25, 0.3) is 5.69 Å². The molecule has 7 nitrogen and oxygen atoms in total. The molecule has 1 aromatic carbocycles. The quantitative estimate of drug-likeness (QED) is 0.314. The number of benzene rings is 1. The molecule has 1 unspecified atom stereocenters. The van der Waals surface area contributed by atoms with Gasteiger partial charge in [-0.25, -0.2) is 4.79 Å². The fraction of sp³-hybridized carbons (Fsp3) is 0.474. The lowest BCUT2D eigenvalue weighted by Crippen LogP contribution is -2.41. The average molecular weight is 359 g/mol. The first kappa shape index (κ1) is 19.8. The van der Waals surface area contributed by atoms with Gasteiger partial charge in [0.1, 0.15) is 5.66 Å². The van der Waals surface area contributed by atoms with Gasteiger partial charge >= 0.3 is 5.97 Å². The highest BCUT2D eigenvalue weighted by molar-refractivity contribution is 6.15. The molecular formula is C19H25N3O4. The number of unbranched alkanes of at least 4 members (excludes halogenated alkanes) is 3. The molecule has 7 heteroatoms. The van der Waals surface area contributed by atoms with Crippen LogP contribution in [0, 0.1) is 10.1 Å². The minimum absolute atomic E-state index is 0.000482. The third-order valence-corrected chi connectivity index (χ3v) is 4.35. The van der Waals surface area contributed by atoms with Crippen LogP contribution in [0.1, 0.15) is 51.5 Å². The Morgan fingerprint density at radius 3 is 2.50 bits per heavy atom. The second-order valence-electron chi connectivity index (χ2n) is 6.31. The number of rotatable bonds is 9. The summed E-state index contributed by atoms with van der Waals surface area (Å²) in [6.45, 7) is 4.13. The Balaban J connectivity index is 2.28. The van der Waals surface area contributed by atoms with Crippen molar-refractivity contribution in [2.75, 3.05) is 6.61 Å². The van der Waals surface area contributed by atoms with Crippen molar-refractivity contribution in [3.63, 3.8) is 0 Å². The molecule has 1 atom stereocenters. The number of carbonyl (C=O) groups excluding carboxylic acids is 1. The molecule has 1 aliphatic heterocycles. The lowest BCUT2D eigenvalue weighted by Gasteiger charge is -2.23. The molecule has 0 amide bonds. The normalized spacial score (nSPS) is 19.0. The van der Waals surface area contributed by atoms with E-state index in [1.165, 1.54) is 12.1 Å². The zero-order valence-electron chi connectivity index (χ0n) is 15.2. The van der Waals surface area contributed by atoms with E-state index in [0.717, 1.165) is 25.7 Å². The number of hydrogen-bond donors (Lipinski definition) is 1. The van der Waals surface area contributed by atoms with Crippen LogP contribution in [0.2, 0.25) is 0 Å². The van der Waals surface area contributed by atoms with E-state index in [2.05, 4.69) is 11.9 Å². The maximum absolute atomic E-state index is 12.3. The Labute approximate surface area is 153 Å². The largest absolute Gasteiger partial charge is 0.463 e. The molecule has 0 radical (unpaired) electrons. The molecule has 0 aromatic heterocycles. The molecule has 0 fully saturated rings. The summed E-state index contributed by atoms with van der Waals surface area (Å²) in [5.74, 6) is -0.467. The van der Waals surface area contributed by atoms with Gasteiger partial charge in [0.15, 0.2) is 0 Å². The molecule has 0 saturated carbocycles. The summed E-state index contributed by atoms with van der Waals surface area (Å²) in [6, 6.07) is 6.04. The number of aliphatic imine (C=N–C) groups is 1. The third-order valence-electron chi connectivity index (χ3n) is 4.35. The predicted molar refractivity (Wildman–Crippen MR) is 100 cm³/mol. The van der Waals surface area contributed by atoms with E-state index in [1.807, 2.05) is 0 Å². The first-order chi connectivity index (χ1) is 12.4. The molecule has 0 aliphatic carbocycles. The van der Waals surface area contributed by atoms with E-state index in [1.54, 1.807) is 25.1 Å². The summed E-state index contributed by atoms with van der Waals surface area (Å²) < 4.78 is 5.13. The molecule has 1 heterocycles. The Morgan fingerprint density at radius 1 is 1.23 bits per heavy atom. The monoisotopic (exact) mass is 359 g/mol. The van der Waals surface area contributed by atoms with Crippen molar-refractivity contribution in [1.82, 2.24) is 0 Å². The standard InChI is InChI=1S/C19H25N3O4/c1-3-5-6-7-12-19(20)16(18(23)26-4-2)13-17(21-19)14-8-10-15(11-9-14)22(24)25/h8-11,13H,3-7,12,20H2,1-2H3. The highest BCUT2D eigenvalue weighted by Gasteiger charge is 2.39. The van der Waals surface area contributed by atoms with E-state index in [9.17, 15) is 14.9 Å². The van der Waals surface area contributed by atoms with Gasteiger partial charge in [-0.3, -0.25) is 15.1 Å². The number of allylic oxidation sites excluding steroid dienone is 1. The Hall–Kier alpha value is -2.54. The van der Waals surface area contributed by atoms with Crippen LogP contribution in [-0.4, -0.2) is 28.9 Å². The topological polar surface area (TPSA) is 108 Å². The third kappa shape index (κ3) is 4.54. The first-order valence-electron chi connectivity index (χ1n) is 8.94. The molecular weight excluding hydrogens is 334 g/mol. The van der Waals surface area contributed by atoms with Crippen LogP contribution in [-0.2, 0) is 9.53 Å². The maximum Gasteiger partial charge on any atom is 0.337 e. The van der Waals surface area contributed by atoms with Crippen molar-refractivity contribution < 1.29 is 14.5 Å². The smallest absolute Gasteiger partial charge is 0.337 e. The molecule has 140 valence electrons. The average Bonchev–Trinajstić information content (AvgIpc) is 2.97. The number of nitrogens with two attached hydrogens (primary N) is 1. The SMILES string of the molecule is CCCCCCC1(N)N=C(c2ccc([N+](=O)[O-])cc2)C=C1C(=O)OCC. The van der Waals surface area contributed by atoms with E-state index >= 15 is 0 Å². The summed E-state index contributed by atoms with van der Waals surface area (Å²) in [5, 5.41) is 10.8. The molecule has 2 N–H and O–H groups in total. The predicted octanol–water partition coefficient (Wildman–Crippen LogP) is 3.51. The minimum Gasteiger partial charge on any atom is -0.463 e. The molecule has 0 bridgehead atoms. The van der Waals surface area contributed by atoms with Crippen LogP contribution >= 0.6 is 0 Å². The van der Waals surface area contributed by atoms with Gasteiger partial charge in [-0.05, 0) is 38.0 Å². The van der Waals surface area contributed by atoms with Crippen molar-refractivity contribution in [1.29, 1.82) is 0 Å². The number of ether oxygens (including phenoxy) is 1. The van der Waals surface area contributed by atoms with Gasteiger partial charge in [-0.1, -0.05) is 26.2 Å². The van der Waals surface area contributed by atoms with Crippen molar-refractivity contribution in [3.8, 4) is 0 Å². The number of hydrogen-bond acceptors (Lipinski definition) is 6. The van der Waals surface area contributed by atoms with Crippen molar-refractivity contribution in [3.05, 3.63) is 51.6 Å². The highest BCUT2D eigenvalue weighted by atomic mass is 16.6. The van der Waals surface area contributed by atoms with Gasteiger partial charge in [0.2, 0.25) is 0 Å². The lowest BCUT2D eigenvalue weighted by atomic mass is 9.95. The zero-order valence-corrected chi connectivity index (χ0v) is 15.2. The number of nitrogens with zero attached hydrogens (tertiary/aromatic N) is 2. The van der Waals surface area contributed by atoms with Crippen LogP contribution in [0.5, 0.6) is 0 Å². The summed E-state index contributed by atoms with van der Waals surface area (Å²) >= 11 is 0. The molecule has 26 heavy (non-hydrogen) atoms. The number of non-ortho nitro benzene ring substituents is 1. The fourth-order valence-corrected chi connectivity index (χ4v) is 2.93. The number of nitro groups is 1. The van der Waals surface area contributed by atoms with E-state index in [-0.39, 0.29) is 12.3 Å².